The summed E-state index contributed by atoms with van der Waals surface area (Å²) >= 11 is 1.57. The Morgan fingerprint density at radius 3 is 2.27 bits per heavy atom. The van der Waals surface area contributed by atoms with Gasteiger partial charge in [-0.1, -0.05) is 0 Å². The van der Waals surface area contributed by atoms with E-state index >= 15 is 0 Å². The number of hydrogen-bond acceptors (Lipinski definition) is 4. The maximum atomic E-state index is 12.3. The minimum atomic E-state index is -0.479. The van der Waals surface area contributed by atoms with Crippen LogP contribution in [0.5, 0.6) is 0 Å². The minimum Gasteiger partial charge on any atom is -0.326 e. The molecule has 2 N–H and O–H groups in total. The molecule has 3 amide bonds. The predicted molar refractivity (Wildman–Crippen MR) is 87.6 cm³/mol. The molecule has 0 saturated carbocycles. The molecule has 1 aromatic rings. The monoisotopic (exact) mass is 321 g/mol. The van der Waals surface area contributed by atoms with Crippen LogP contribution in [0.4, 0.5) is 11.4 Å². The van der Waals surface area contributed by atoms with Crippen molar-refractivity contribution in [2.45, 2.75) is 31.7 Å². The zero-order chi connectivity index (χ0) is 16.3. The van der Waals surface area contributed by atoms with E-state index in [0.29, 0.717) is 17.1 Å². The van der Waals surface area contributed by atoms with Crippen LogP contribution in [0.1, 0.15) is 20.8 Å². The topological polar surface area (TPSA) is 78.5 Å². The van der Waals surface area contributed by atoms with Crippen molar-refractivity contribution in [3.63, 3.8) is 0 Å². The Morgan fingerprint density at radius 1 is 1.23 bits per heavy atom. The third kappa shape index (κ3) is 3.59. The summed E-state index contributed by atoms with van der Waals surface area (Å²) < 4.78 is 0. The van der Waals surface area contributed by atoms with Gasteiger partial charge in [0, 0.05) is 24.1 Å². The zero-order valence-corrected chi connectivity index (χ0v) is 13.6. The molecule has 1 aliphatic heterocycles. The van der Waals surface area contributed by atoms with Crippen molar-refractivity contribution in [1.29, 1.82) is 0 Å². The number of hydrogen-bond donors (Lipinski definition) is 2. The number of thioether (sulfide) groups is 1. The van der Waals surface area contributed by atoms with Gasteiger partial charge in [0.25, 0.3) is 0 Å². The predicted octanol–water partition coefficient (Wildman–Crippen LogP) is 1.89. The van der Waals surface area contributed by atoms with Gasteiger partial charge in [-0.3, -0.25) is 14.4 Å². The quantitative estimate of drug-likeness (QED) is 0.830. The molecule has 7 heteroatoms. The van der Waals surface area contributed by atoms with Gasteiger partial charge in [0.05, 0.1) is 4.87 Å². The number of anilines is 2. The Kier molecular flexibility index (Phi) is 4.75. The van der Waals surface area contributed by atoms with Crippen LogP contribution in [0, 0.1) is 0 Å². The normalized spacial score (nSPS) is 19.6. The fourth-order valence-electron chi connectivity index (χ4n) is 2.28. The Labute approximate surface area is 133 Å². The second kappa shape index (κ2) is 6.39. The molecular formula is C15H19N3O3S. The van der Waals surface area contributed by atoms with Crippen LogP contribution < -0.4 is 10.6 Å². The molecule has 0 bridgehead atoms. The Bertz CT molecular complexity index is 586. The molecule has 0 unspecified atom stereocenters. The van der Waals surface area contributed by atoms with Crippen molar-refractivity contribution >= 4 is 41.4 Å². The van der Waals surface area contributed by atoms with Crippen molar-refractivity contribution < 1.29 is 14.4 Å². The van der Waals surface area contributed by atoms with Gasteiger partial charge in [-0.25, -0.2) is 0 Å². The van der Waals surface area contributed by atoms with Gasteiger partial charge in [0.15, 0.2) is 0 Å². The van der Waals surface area contributed by atoms with Gasteiger partial charge in [0.1, 0.15) is 6.04 Å². The molecule has 1 aliphatic rings. The van der Waals surface area contributed by atoms with E-state index in [-0.39, 0.29) is 16.7 Å². The number of nitrogens with one attached hydrogen (secondary N) is 2. The first-order valence-corrected chi connectivity index (χ1v) is 7.88. The zero-order valence-electron chi connectivity index (χ0n) is 12.8. The molecule has 1 aromatic carbocycles. The van der Waals surface area contributed by atoms with Crippen LogP contribution in [0.15, 0.2) is 24.3 Å². The Morgan fingerprint density at radius 2 is 1.77 bits per heavy atom. The van der Waals surface area contributed by atoms with E-state index in [1.165, 1.54) is 6.92 Å². The number of carbonyl (C=O) groups is 3. The third-order valence-corrected chi connectivity index (χ3v) is 4.84. The SMILES string of the molecule is CC(=O)Nc1ccc(NC(=O)[C@@H]2CSC(C)(C)N2C=O)cc1. The highest BCUT2D eigenvalue weighted by molar-refractivity contribution is 8.00. The lowest BCUT2D eigenvalue weighted by molar-refractivity contribution is -0.130. The molecule has 1 saturated heterocycles. The lowest BCUT2D eigenvalue weighted by Gasteiger charge is -2.30. The summed E-state index contributed by atoms with van der Waals surface area (Å²) in [5.41, 5.74) is 1.29. The van der Waals surface area contributed by atoms with E-state index in [1.54, 1.807) is 40.9 Å². The van der Waals surface area contributed by atoms with Crippen LogP contribution >= 0.6 is 11.8 Å². The molecule has 0 aromatic heterocycles. The maximum absolute atomic E-state index is 12.3. The van der Waals surface area contributed by atoms with Gasteiger partial charge < -0.3 is 15.5 Å². The first-order valence-electron chi connectivity index (χ1n) is 6.90. The standard InChI is InChI=1S/C15H19N3O3S/c1-10(20)16-11-4-6-12(7-5-11)17-14(21)13-8-22-15(2,3)18(13)9-19/h4-7,9,13H,8H2,1-3H3,(H,16,20)(H,17,21)/t13-/m0/s1. The van der Waals surface area contributed by atoms with E-state index in [2.05, 4.69) is 10.6 Å². The summed E-state index contributed by atoms with van der Waals surface area (Å²) in [5, 5.41) is 5.46. The number of nitrogens with zero attached hydrogens (tertiary/aromatic N) is 1. The molecule has 0 aliphatic carbocycles. The largest absolute Gasteiger partial charge is 0.326 e. The fourth-order valence-corrected chi connectivity index (χ4v) is 3.48. The summed E-state index contributed by atoms with van der Waals surface area (Å²) in [5.74, 6) is 0.211. The van der Waals surface area contributed by atoms with Crippen molar-refractivity contribution in [2.75, 3.05) is 16.4 Å². The van der Waals surface area contributed by atoms with Gasteiger partial charge in [-0.15, -0.1) is 11.8 Å². The van der Waals surface area contributed by atoms with Crippen molar-refractivity contribution in [2.24, 2.45) is 0 Å². The van der Waals surface area contributed by atoms with Crippen molar-refractivity contribution in [1.82, 2.24) is 4.90 Å². The van der Waals surface area contributed by atoms with Crippen LogP contribution in [-0.4, -0.2) is 39.8 Å². The first kappa shape index (κ1) is 16.4. The average molecular weight is 321 g/mol. The van der Waals surface area contributed by atoms with E-state index in [0.717, 1.165) is 6.41 Å². The molecule has 118 valence electrons. The molecular weight excluding hydrogens is 302 g/mol. The van der Waals surface area contributed by atoms with Gasteiger partial charge >= 0.3 is 0 Å². The Balaban J connectivity index is 2.03. The van der Waals surface area contributed by atoms with E-state index in [1.807, 2.05) is 13.8 Å². The lowest BCUT2D eigenvalue weighted by atomic mass is 10.2. The molecule has 1 fully saturated rings. The van der Waals surface area contributed by atoms with Crippen LogP contribution in [-0.2, 0) is 14.4 Å². The molecule has 6 nitrogen and oxygen atoms in total. The number of amides is 3. The summed E-state index contributed by atoms with van der Waals surface area (Å²) in [7, 11) is 0. The summed E-state index contributed by atoms with van der Waals surface area (Å²) in [6, 6.07) is 6.36. The highest BCUT2D eigenvalue weighted by atomic mass is 32.2. The molecule has 1 heterocycles. The van der Waals surface area contributed by atoms with Crippen LogP contribution in [0.25, 0.3) is 0 Å². The third-order valence-electron chi connectivity index (χ3n) is 3.44. The highest BCUT2D eigenvalue weighted by Crippen LogP contribution is 2.37. The second-order valence-corrected chi connectivity index (χ2v) is 7.16. The number of benzene rings is 1. The molecule has 0 spiro atoms. The lowest BCUT2D eigenvalue weighted by Crippen LogP contribution is -2.47. The van der Waals surface area contributed by atoms with Gasteiger partial charge in [-0.2, -0.15) is 0 Å². The average Bonchev–Trinajstić information content (AvgIpc) is 2.75. The van der Waals surface area contributed by atoms with Crippen LogP contribution in [0.2, 0.25) is 0 Å². The molecule has 1 atom stereocenters. The fraction of sp³-hybridized carbons (Fsp3) is 0.400. The van der Waals surface area contributed by atoms with Crippen LogP contribution in [0.3, 0.4) is 0 Å². The first-order chi connectivity index (χ1) is 10.3. The Hall–Kier alpha value is -2.02. The minimum absolute atomic E-state index is 0.149. The summed E-state index contributed by atoms with van der Waals surface area (Å²) in [6.45, 7) is 5.27. The second-order valence-electron chi connectivity index (χ2n) is 5.53. The molecule has 22 heavy (non-hydrogen) atoms. The van der Waals surface area contributed by atoms with Gasteiger partial charge in [0.2, 0.25) is 18.2 Å². The molecule has 0 radical (unpaired) electrons. The van der Waals surface area contributed by atoms with Crippen molar-refractivity contribution in [3.05, 3.63) is 24.3 Å². The van der Waals surface area contributed by atoms with E-state index in [4.69, 9.17) is 0 Å². The number of carbonyl (C=O) groups excluding carboxylic acids is 3. The highest BCUT2D eigenvalue weighted by Gasteiger charge is 2.42. The van der Waals surface area contributed by atoms with Crippen molar-refractivity contribution in [3.8, 4) is 0 Å². The smallest absolute Gasteiger partial charge is 0.248 e. The van der Waals surface area contributed by atoms with Gasteiger partial charge in [-0.05, 0) is 38.1 Å². The maximum Gasteiger partial charge on any atom is 0.248 e. The number of rotatable bonds is 4. The summed E-state index contributed by atoms with van der Waals surface area (Å²) in [6.07, 6.45) is 0.726. The molecule has 2 rings (SSSR count). The summed E-state index contributed by atoms with van der Waals surface area (Å²) in [4.78, 5) is 35.7. The van der Waals surface area contributed by atoms with E-state index < -0.39 is 6.04 Å². The van der Waals surface area contributed by atoms with E-state index in [9.17, 15) is 14.4 Å².